The molecule has 0 unspecified atom stereocenters. The lowest BCUT2D eigenvalue weighted by atomic mass is 9.88. The Bertz CT molecular complexity index is 551. The van der Waals surface area contributed by atoms with E-state index in [0.29, 0.717) is 31.4 Å². The van der Waals surface area contributed by atoms with Gasteiger partial charge in [-0.3, -0.25) is 10.1 Å². The van der Waals surface area contributed by atoms with Crippen LogP contribution >= 0.6 is 0 Å². The number of nitro groups is 1. The second-order valence-corrected chi connectivity index (χ2v) is 5.99. The van der Waals surface area contributed by atoms with Crippen LogP contribution in [0.3, 0.4) is 0 Å². The zero-order valence-corrected chi connectivity index (χ0v) is 12.1. The number of aliphatic hydroxyl groups is 1. The molecule has 0 aromatic heterocycles. The number of rotatable bonds is 6. The summed E-state index contributed by atoms with van der Waals surface area (Å²) in [6.45, 7) is 3.61. The summed E-state index contributed by atoms with van der Waals surface area (Å²) < 4.78 is 5.49. The van der Waals surface area contributed by atoms with E-state index in [0.717, 1.165) is 24.9 Å². The highest BCUT2D eigenvalue weighted by atomic mass is 16.6. The second kappa shape index (κ2) is 5.18. The van der Waals surface area contributed by atoms with Gasteiger partial charge in [0.25, 0.3) is 0 Å². The van der Waals surface area contributed by atoms with Crippen molar-refractivity contribution in [1.29, 1.82) is 0 Å². The molecule has 1 N–H and O–H groups in total. The highest BCUT2D eigenvalue weighted by molar-refractivity contribution is 5.61. The molecule has 6 nitrogen and oxygen atoms in total. The van der Waals surface area contributed by atoms with Crippen LogP contribution in [0.1, 0.15) is 26.2 Å². The summed E-state index contributed by atoms with van der Waals surface area (Å²) in [6, 6.07) is 4.92. The van der Waals surface area contributed by atoms with Crippen molar-refractivity contribution in [2.75, 3.05) is 24.6 Å². The SMILES string of the molecule is CCCOc1cc(N2CC(O)(C3CC3)C2)ccc1[N+](=O)[O-]. The Hall–Kier alpha value is -1.82. The number of hydrogen-bond acceptors (Lipinski definition) is 5. The van der Waals surface area contributed by atoms with Crippen molar-refractivity contribution in [2.24, 2.45) is 5.92 Å². The maximum atomic E-state index is 11.0. The summed E-state index contributed by atoms with van der Waals surface area (Å²) in [5.74, 6) is 0.740. The maximum absolute atomic E-state index is 11.0. The molecule has 2 fully saturated rings. The minimum absolute atomic E-state index is 0.00909. The van der Waals surface area contributed by atoms with Crippen LogP contribution in [0.2, 0.25) is 0 Å². The van der Waals surface area contributed by atoms with Crippen molar-refractivity contribution in [1.82, 2.24) is 0 Å². The molecular weight excluding hydrogens is 272 g/mol. The number of ether oxygens (including phenoxy) is 1. The largest absolute Gasteiger partial charge is 0.487 e. The average Bonchev–Trinajstić information content (AvgIpc) is 3.26. The molecule has 0 atom stereocenters. The first-order valence-corrected chi connectivity index (χ1v) is 7.42. The van der Waals surface area contributed by atoms with Crippen molar-refractivity contribution in [3.8, 4) is 5.75 Å². The van der Waals surface area contributed by atoms with E-state index in [4.69, 9.17) is 4.74 Å². The Labute approximate surface area is 123 Å². The van der Waals surface area contributed by atoms with Gasteiger partial charge in [0.15, 0.2) is 5.75 Å². The van der Waals surface area contributed by atoms with Gasteiger partial charge in [-0.2, -0.15) is 0 Å². The summed E-state index contributed by atoms with van der Waals surface area (Å²) in [4.78, 5) is 12.6. The third-order valence-corrected chi connectivity index (χ3v) is 4.23. The monoisotopic (exact) mass is 292 g/mol. The standard InChI is InChI=1S/C15H20N2O4/c1-2-7-21-14-8-12(5-6-13(14)17(19)20)16-9-15(18,10-16)11-3-4-11/h5-6,8,11,18H,2-4,7,9-10H2,1H3. The Morgan fingerprint density at radius 1 is 1.48 bits per heavy atom. The van der Waals surface area contributed by atoms with Gasteiger partial charge < -0.3 is 14.7 Å². The molecule has 0 amide bonds. The number of benzene rings is 1. The first-order chi connectivity index (χ1) is 10.0. The highest BCUT2D eigenvalue weighted by Gasteiger charge is 2.52. The van der Waals surface area contributed by atoms with E-state index in [1.807, 2.05) is 11.8 Å². The van der Waals surface area contributed by atoms with Crippen LogP contribution in [0.15, 0.2) is 18.2 Å². The first kappa shape index (κ1) is 14.1. The summed E-state index contributed by atoms with van der Waals surface area (Å²) >= 11 is 0. The summed E-state index contributed by atoms with van der Waals surface area (Å²) in [7, 11) is 0. The van der Waals surface area contributed by atoms with E-state index < -0.39 is 10.5 Å². The van der Waals surface area contributed by atoms with Gasteiger partial charge in [0.1, 0.15) is 5.60 Å². The quantitative estimate of drug-likeness (QED) is 0.643. The van der Waals surface area contributed by atoms with Crippen LogP contribution in [0.4, 0.5) is 11.4 Å². The molecule has 1 saturated carbocycles. The predicted molar refractivity (Wildman–Crippen MR) is 78.8 cm³/mol. The molecule has 1 saturated heterocycles. The maximum Gasteiger partial charge on any atom is 0.311 e. The van der Waals surface area contributed by atoms with Gasteiger partial charge >= 0.3 is 5.69 Å². The molecule has 6 heteroatoms. The fraction of sp³-hybridized carbons (Fsp3) is 0.600. The van der Waals surface area contributed by atoms with E-state index in [1.165, 1.54) is 6.07 Å². The van der Waals surface area contributed by atoms with Gasteiger partial charge in [0, 0.05) is 30.9 Å². The van der Waals surface area contributed by atoms with Crippen LogP contribution in [0, 0.1) is 16.0 Å². The molecule has 3 rings (SSSR count). The Balaban J connectivity index is 1.75. The van der Waals surface area contributed by atoms with Gasteiger partial charge in [-0.25, -0.2) is 0 Å². The number of nitrogens with zero attached hydrogens (tertiary/aromatic N) is 2. The summed E-state index contributed by atoms with van der Waals surface area (Å²) in [6.07, 6.45) is 3.01. The van der Waals surface area contributed by atoms with Crippen LogP contribution in [0.5, 0.6) is 5.75 Å². The summed E-state index contributed by atoms with van der Waals surface area (Å²) in [5, 5.41) is 21.4. The van der Waals surface area contributed by atoms with Gasteiger partial charge in [-0.15, -0.1) is 0 Å². The number of anilines is 1. The van der Waals surface area contributed by atoms with Gasteiger partial charge in [-0.05, 0) is 31.2 Å². The van der Waals surface area contributed by atoms with E-state index in [-0.39, 0.29) is 5.69 Å². The Morgan fingerprint density at radius 2 is 2.19 bits per heavy atom. The minimum atomic E-state index is -0.563. The predicted octanol–water partition coefficient (Wildman–Crippen LogP) is 2.34. The lowest BCUT2D eigenvalue weighted by molar-refractivity contribution is -0.385. The number of hydrogen-bond donors (Lipinski definition) is 1. The van der Waals surface area contributed by atoms with E-state index in [2.05, 4.69) is 0 Å². The van der Waals surface area contributed by atoms with Crippen LogP contribution < -0.4 is 9.64 Å². The zero-order chi connectivity index (χ0) is 15.0. The van der Waals surface area contributed by atoms with Gasteiger partial charge in [-0.1, -0.05) is 6.92 Å². The number of β-amino-alcohol motifs (C(OH)–C–C–N with tert-alkyl or cyclic N) is 1. The van der Waals surface area contributed by atoms with Gasteiger partial charge in [0.05, 0.1) is 11.5 Å². The van der Waals surface area contributed by atoms with Crippen molar-refractivity contribution in [2.45, 2.75) is 31.8 Å². The van der Waals surface area contributed by atoms with Crippen molar-refractivity contribution >= 4 is 11.4 Å². The molecular formula is C15H20N2O4. The Kier molecular flexibility index (Phi) is 3.49. The average molecular weight is 292 g/mol. The molecule has 1 aliphatic heterocycles. The van der Waals surface area contributed by atoms with Crippen molar-refractivity contribution in [3.05, 3.63) is 28.3 Å². The minimum Gasteiger partial charge on any atom is -0.487 e. The van der Waals surface area contributed by atoms with Gasteiger partial charge in [0.2, 0.25) is 0 Å². The molecule has 114 valence electrons. The first-order valence-electron chi connectivity index (χ1n) is 7.42. The fourth-order valence-electron chi connectivity index (χ4n) is 2.85. The highest BCUT2D eigenvalue weighted by Crippen LogP contribution is 2.46. The molecule has 1 heterocycles. The third kappa shape index (κ3) is 2.68. The molecule has 0 radical (unpaired) electrons. The van der Waals surface area contributed by atoms with Crippen LogP contribution in [0.25, 0.3) is 0 Å². The van der Waals surface area contributed by atoms with E-state index >= 15 is 0 Å². The normalized spacial score (nSPS) is 20.0. The lowest BCUT2D eigenvalue weighted by Gasteiger charge is -2.48. The summed E-state index contributed by atoms with van der Waals surface area (Å²) in [5.41, 5.74) is 0.300. The molecule has 2 aliphatic rings. The zero-order valence-electron chi connectivity index (χ0n) is 12.1. The van der Waals surface area contributed by atoms with Crippen molar-refractivity contribution in [3.63, 3.8) is 0 Å². The van der Waals surface area contributed by atoms with Crippen molar-refractivity contribution < 1.29 is 14.8 Å². The molecule has 1 aromatic carbocycles. The molecule has 1 aliphatic carbocycles. The smallest absolute Gasteiger partial charge is 0.311 e. The molecule has 0 bridgehead atoms. The Morgan fingerprint density at radius 3 is 2.76 bits per heavy atom. The number of nitro benzene ring substituents is 1. The third-order valence-electron chi connectivity index (χ3n) is 4.23. The van der Waals surface area contributed by atoms with E-state index in [9.17, 15) is 15.2 Å². The molecule has 0 spiro atoms. The fourth-order valence-corrected chi connectivity index (χ4v) is 2.85. The molecule has 1 aromatic rings. The lowest BCUT2D eigenvalue weighted by Crippen LogP contribution is -2.63. The van der Waals surface area contributed by atoms with E-state index in [1.54, 1.807) is 12.1 Å². The second-order valence-electron chi connectivity index (χ2n) is 5.99. The van der Waals surface area contributed by atoms with Crippen LogP contribution in [-0.2, 0) is 0 Å². The molecule has 21 heavy (non-hydrogen) atoms. The van der Waals surface area contributed by atoms with Crippen LogP contribution in [-0.4, -0.2) is 35.3 Å². The topological polar surface area (TPSA) is 75.8 Å².